The standard InChI is InChI=1S/C23H26O10/c24-12-18-22(33-19(28)8-4-14-3-7-16(26)17(27)11-14)20(29)21(30)23(32-18)31-10-9-13-1-5-15(25)6-2-13/h1-8,11,18,20-27,29-30H,9-10,12H2. The van der Waals surface area contributed by atoms with Gasteiger partial charge in [0.1, 0.15) is 24.1 Å². The summed E-state index contributed by atoms with van der Waals surface area (Å²) in [5.74, 6) is -1.41. The number of benzene rings is 2. The molecule has 1 heterocycles. The average molecular weight is 462 g/mol. The lowest BCUT2D eigenvalue weighted by Crippen LogP contribution is -2.60. The molecule has 1 fully saturated rings. The molecule has 10 nitrogen and oxygen atoms in total. The van der Waals surface area contributed by atoms with E-state index >= 15 is 0 Å². The summed E-state index contributed by atoms with van der Waals surface area (Å²) in [6.45, 7) is -0.473. The lowest BCUT2D eigenvalue weighted by molar-refractivity contribution is -0.302. The smallest absolute Gasteiger partial charge is 0.331 e. The Morgan fingerprint density at radius 1 is 1.00 bits per heavy atom. The highest BCUT2D eigenvalue weighted by Gasteiger charge is 2.46. The first-order valence-electron chi connectivity index (χ1n) is 10.2. The number of phenols is 3. The van der Waals surface area contributed by atoms with Crippen molar-refractivity contribution in [3.8, 4) is 17.2 Å². The van der Waals surface area contributed by atoms with Crippen molar-refractivity contribution in [2.75, 3.05) is 13.2 Å². The second-order valence-electron chi connectivity index (χ2n) is 7.48. The van der Waals surface area contributed by atoms with Crippen LogP contribution in [0.15, 0.2) is 48.5 Å². The van der Waals surface area contributed by atoms with E-state index in [0.717, 1.165) is 11.6 Å². The number of esters is 1. The van der Waals surface area contributed by atoms with Crippen LogP contribution in [0.3, 0.4) is 0 Å². The number of aromatic hydroxyl groups is 3. The Bertz CT molecular complexity index is 956. The number of carbonyl (C=O) groups is 1. The van der Waals surface area contributed by atoms with Crippen molar-refractivity contribution < 1.29 is 49.6 Å². The molecular weight excluding hydrogens is 436 g/mol. The summed E-state index contributed by atoms with van der Waals surface area (Å²) in [6, 6.07) is 10.4. The van der Waals surface area contributed by atoms with Crippen LogP contribution in [0.4, 0.5) is 0 Å². The molecule has 0 spiro atoms. The maximum absolute atomic E-state index is 12.2. The third-order valence-electron chi connectivity index (χ3n) is 5.09. The van der Waals surface area contributed by atoms with Gasteiger partial charge in [-0.2, -0.15) is 0 Å². The minimum Gasteiger partial charge on any atom is -0.508 e. The van der Waals surface area contributed by atoms with Crippen molar-refractivity contribution in [2.24, 2.45) is 0 Å². The number of aliphatic hydroxyl groups is 3. The monoisotopic (exact) mass is 462 g/mol. The van der Waals surface area contributed by atoms with Crippen molar-refractivity contribution in [3.05, 3.63) is 59.7 Å². The Morgan fingerprint density at radius 3 is 2.39 bits per heavy atom. The molecule has 0 aliphatic carbocycles. The highest BCUT2D eigenvalue weighted by atomic mass is 16.7. The Kier molecular flexibility index (Phi) is 8.26. The van der Waals surface area contributed by atoms with Gasteiger partial charge < -0.3 is 44.8 Å². The molecule has 0 aromatic heterocycles. The van der Waals surface area contributed by atoms with Crippen molar-refractivity contribution in [2.45, 2.75) is 37.1 Å². The Balaban J connectivity index is 1.56. The van der Waals surface area contributed by atoms with Crippen molar-refractivity contribution in [3.63, 3.8) is 0 Å². The molecular formula is C23H26O10. The van der Waals surface area contributed by atoms with Crippen molar-refractivity contribution in [1.29, 1.82) is 0 Å². The van der Waals surface area contributed by atoms with Crippen LogP contribution >= 0.6 is 0 Å². The van der Waals surface area contributed by atoms with Gasteiger partial charge in [-0.15, -0.1) is 0 Å². The van der Waals surface area contributed by atoms with Crippen LogP contribution in [0, 0.1) is 0 Å². The zero-order valence-corrected chi connectivity index (χ0v) is 17.5. The van der Waals surface area contributed by atoms with E-state index in [1.54, 1.807) is 12.1 Å². The third-order valence-corrected chi connectivity index (χ3v) is 5.09. The lowest BCUT2D eigenvalue weighted by Gasteiger charge is -2.41. The molecule has 0 saturated carbocycles. The summed E-state index contributed by atoms with van der Waals surface area (Å²) >= 11 is 0. The molecule has 2 aromatic rings. The number of hydrogen-bond donors (Lipinski definition) is 6. The molecule has 0 bridgehead atoms. The van der Waals surface area contributed by atoms with Crippen LogP contribution in [0.5, 0.6) is 17.2 Å². The molecule has 2 aromatic carbocycles. The lowest BCUT2D eigenvalue weighted by atomic mass is 9.99. The first kappa shape index (κ1) is 24.5. The number of aliphatic hydroxyl groups excluding tert-OH is 3. The Hall–Kier alpha value is -3.15. The first-order chi connectivity index (χ1) is 15.8. The Labute approximate surface area is 189 Å². The topological polar surface area (TPSA) is 166 Å². The number of rotatable bonds is 8. The minimum absolute atomic E-state index is 0.129. The highest BCUT2D eigenvalue weighted by Crippen LogP contribution is 2.26. The molecule has 1 saturated heterocycles. The van der Waals surface area contributed by atoms with Gasteiger partial charge in [0.05, 0.1) is 13.2 Å². The predicted molar refractivity (Wildman–Crippen MR) is 114 cm³/mol. The molecule has 5 unspecified atom stereocenters. The van der Waals surface area contributed by atoms with Crippen LogP contribution in [0.1, 0.15) is 11.1 Å². The molecule has 33 heavy (non-hydrogen) atoms. The van der Waals surface area contributed by atoms with Gasteiger partial charge >= 0.3 is 5.97 Å². The molecule has 0 amide bonds. The van der Waals surface area contributed by atoms with Gasteiger partial charge in [0.2, 0.25) is 0 Å². The van der Waals surface area contributed by atoms with Gasteiger partial charge in [-0.05, 0) is 47.9 Å². The molecule has 178 valence electrons. The van der Waals surface area contributed by atoms with Gasteiger partial charge in [-0.1, -0.05) is 18.2 Å². The van der Waals surface area contributed by atoms with Crippen LogP contribution in [-0.2, 0) is 25.4 Å². The molecule has 1 aliphatic rings. The fourth-order valence-electron chi connectivity index (χ4n) is 3.27. The van der Waals surface area contributed by atoms with Crippen LogP contribution in [0.2, 0.25) is 0 Å². The summed E-state index contributed by atoms with van der Waals surface area (Å²) in [5, 5.41) is 58.6. The van der Waals surface area contributed by atoms with Gasteiger partial charge in [0, 0.05) is 6.08 Å². The van der Waals surface area contributed by atoms with E-state index in [1.807, 2.05) is 0 Å². The van der Waals surface area contributed by atoms with Gasteiger partial charge in [-0.25, -0.2) is 4.79 Å². The quantitative estimate of drug-likeness (QED) is 0.184. The molecule has 1 aliphatic heterocycles. The number of hydrogen-bond acceptors (Lipinski definition) is 10. The van der Waals surface area contributed by atoms with Crippen LogP contribution in [-0.4, -0.2) is 80.5 Å². The largest absolute Gasteiger partial charge is 0.508 e. The number of ether oxygens (including phenoxy) is 3. The van der Waals surface area contributed by atoms with Gasteiger partial charge in [0.15, 0.2) is 23.9 Å². The maximum Gasteiger partial charge on any atom is 0.331 e. The zero-order chi connectivity index (χ0) is 24.0. The Morgan fingerprint density at radius 2 is 1.73 bits per heavy atom. The average Bonchev–Trinajstić information content (AvgIpc) is 2.80. The molecule has 0 radical (unpaired) electrons. The highest BCUT2D eigenvalue weighted by molar-refractivity contribution is 5.87. The fraction of sp³-hybridized carbons (Fsp3) is 0.348. The number of phenolic OH excluding ortho intramolecular Hbond substituents is 3. The third kappa shape index (κ3) is 6.44. The van der Waals surface area contributed by atoms with Gasteiger partial charge in [0.25, 0.3) is 0 Å². The second-order valence-corrected chi connectivity index (χ2v) is 7.48. The van der Waals surface area contributed by atoms with E-state index in [4.69, 9.17) is 14.2 Å². The summed E-state index contributed by atoms with van der Waals surface area (Å²) in [7, 11) is 0. The second kappa shape index (κ2) is 11.1. The van der Waals surface area contributed by atoms with E-state index in [2.05, 4.69) is 0 Å². The predicted octanol–water partition coefficient (Wildman–Crippen LogP) is 0.427. The van der Waals surface area contributed by atoms with Gasteiger partial charge in [-0.3, -0.25) is 0 Å². The molecule has 5 atom stereocenters. The normalized spacial score (nSPS) is 25.2. The molecule has 3 rings (SSSR count). The fourth-order valence-corrected chi connectivity index (χ4v) is 3.27. The minimum atomic E-state index is -1.58. The molecule has 10 heteroatoms. The van der Waals surface area contributed by atoms with E-state index in [9.17, 15) is 35.4 Å². The zero-order valence-electron chi connectivity index (χ0n) is 17.5. The van der Waals surface area contributed by atoms with E-state index in [-0.39, 0.29) is 23.9 Å². The summed E-state index contributed by atoms with van der Waals surface area (Å²) in [6.07, 6.45) is -4.07. The number of carbonyl (C=O) groups excluding carboxylic acids is 1. The SMILES string of the molecule is O=C(C=Cc1ccc(O)c(O)c1)OC1C(CO)OC(OCCc2ccc(O)cc2)C(O)C1O. The first-order valence-corrected chi connectivity index (χ1v) is 10.2. The molecule has 6 N–H and O–H groups in total. The van der Waals surface area contributed by atoms with E-state index < -0.39 is 43.3 Å². The summed E-state index contributed by atoms with van der Waals surface area (Å²) in [4.78, 5) is 12.2. The van der Waals surface area contributed by atoms with E-state index in [0.29, 0.717) is 12.0 Å². The van der Waals surface area contributed by atoms with Crippen LogP contribution < -0.4 is 0 Å². The summed E-state index contributed by atoms with van der Waals surface area (Å²) in [5.41, 5.74) is 1.28. The van der Waals surface area contributed by atoms with Crippen molar-refractivity contribution >= 4 is 12.0 Å². The van der Waals surface area contributed by atoms with E-state index in [1.165, 1.54) is 36.4 Å². The van der Waals surface area contributed by atoms with Crippen molar-refractivity contribution in [1.82, 2.24) is 0 Å². The summed E-state index contributed by atoms with van der Waals surface area (Å²) < 4.78 is 16.2. The maximum atomic E-state index is 12.2. The van der Waals surface area contributed by atoms with Crippen LogP contribution in [0.25, 0.3) is 6.08 Å².